The second-order valence-electron chi connectivity index (χ2n) is 6.31. The third kappa shape index (κ3) is 5.31. The van der Waals surface area contributed by atoms with E-state index in [0.29, 0.717) is 12.6 Å². The van der Waals surface area contributed by atoms with E-state index in [9.17, 15) is 0 Å². The fraction of sp³-hybridized carbons (Fsp3) is 1.00. The van der Waals surface area contributed by atoms with Crippen molar-refractivity contribution in [3.8, 4) is 0 Å². The van der Waals surface area contributed by atoms with Crippen molar-refractivity contribution in [2.45, 2.75) is 65.3 Å². The molecule has 1 aliphatic carbocycles. The molecule has 0 saturated heterocycles. The van der Waals surface area contributed by atoms with Crippen molar-refractivity contribution in [2.24, 2.45) is 11.3 Å². The van der Waals surface area contributed by atoms with Gasteiger partial charge >= 0.3 is 0 Å². The smallest absolute Gasteiger partial charge is 0.0482 e. The zero-order valence-corrected chi connectivity index (χ0v) is 11.3. The van der Waals surface area contributed by atoms with Crippen molar-refractivity contribution in [3.63, 3.8) is 0 Å². The van der Waals surface area contributed by atoms with Gasteiger partial charge < -0.3 is 10.4 Å². The van der Waals surface area contributed by atoms with Gasteiger partial charge in [-0.1, -0.05) is 33.1 Å². The topological polar surface area (TPSA) is 32.3 Å². The first-order chi connectivity index (χ1) is 7.53. The molecule has 1 unspecified atom stereocenters. The molecule has 0 aromatic heterocycles. The van der Waals surface area contributed by atoms with Crippen molar-refractivity contribution in [3.05, 3.63) is 0 Å². The zero-order chi connectivity index (χ0) is 12.0. The number of hydrogen-bond acceptors (Lipinski definition) is 2. The van der Waals surface area contributed by atoms with Crippen LogP contribution in [0.3, 0.4) is 0 Å². The van der Waals surface area contributed by atoms with Crippen molar-refractivity contribution in [2.75, 3.05) is 13.2 Å². The minimum absolute atomic E-state index is 0.0961. The normalized spacial score (nSPS) is 19.5. The lowest BCUT2D eigenvalue weighted by molar-refractivity contribution is 0.147. The van der Waals surface area contributed by atoms with Gasteiger partial charge in [-0.2, -0.15) is 0 Å². The molecule has 1 atom stereocenters. The summed E-state index contributed by atoms with van der Waals surface area (Å²) in [4.78, 5) is 0. The molecule has 0 bridgehead atoms. The van der Waals surface area contributed by atoms with Crippen LogP contribution in [-0.2, 0) is 0 Å². The van der Waals surface area contributed by atoms with Crippen LogP contribution in [0.5, 0.6) is 0 Å². The van der Waals surface area contributed by atoms with Gasteiger partial charge in [0.15, 0.2) is 0 Å². The van der Waals surface area contributed by atoms with Gasteiger partial charge in [-0.25, -0.2) is 0 Å². The largest absolute Gasteiger partial charge is 0.396 e. The molecule has 0 heterocycles. The van der Waals surface area contributed by atoms with Gasteiger partial charge in [0.05, 0.1) is 0 Å². The molecular weight excluding hydrogens is 198 g/mol. The summed E-state index contributed by atoms with van der Waals surface area (Å²) in [5.74, 6) is 0.997. The first-order valence-electron chi connectivity index (χ1n) is 6.88. The highest BCUT2D eigenvalue weighted by Crippen LogP contribution is 2.30. The van der Waals surface area contributed by atoms with Gasteiger partial charge in [-0.05, 0) is 44.1 Å². The molecule has 1 saturated carbocycles. The van der Waals surface area contributed by atoms with Crippen LogP contribution in [0.1, 0.15) is 59.3 Å². The van der Waals surface area contributed by atoms with Crippen LogP contribution < -0.4 is 5.32 Å². The minimum Gasteiger partial charge on any atom is -0.396 e. The number of rotatable bonds is 8. The van der Waals surface area contributed by atoms with E-state index >= 15 is 0 Å². The molecule has 2 N–H and O–H groups in total. The lowest BCUT2D eigenvalue weighted by Gasteiger charge is -2.29. The molecule has 96 valence electrons. The number of hydrogen-bond donors (Lipinski definition) is 2. The maximum Gasteiger partial charge on any atom is 0.0482 e. The number of aliphatic hydroxyl groups is 1. The number of nitrogens with one attached hydrogen (secondary N) is 1. The van der Waals surface area contributed by atoms with Gasteiger partial charge in [0.2, 0.25) is 0 Å². The lowest BCUT2D eigenvalue weighted by atomic mass is 9.81. The van der Waals surface area contributed by atoms with E-state index in [-0.39, 0.29) is 5.41 Å². The van der Waals surface area contributed by atoms with Gasteiger partial charge in [0.25, 0.3) is 0 Å². The summed E-state index contributed by atoms with van der Waals surface area (Å²) in [6.45, 7) is 7.95. The van der Waals surface area contributed by atoms with Crippen molar-refractivity contribution in [1.29, 1.82) is 0 Å². The summed E-state index contributed by atoms with van der Waals surface area (Å²) < 4.78 is 0. The summed E-state index contributed by atoms with van der Waals surface area (Å²) >= 11 is 0. The van der Waals surface area contributed by atoms with E-state index < -0.39 is 0 Å². The average molecular weight is 227 g/mol. The van der Waals surface area contributed by atoms with Gasteiger partial charge in [-0.3, -0.25) is 0 Å². The van der Waals surface area contributed by atoms with Crippen molar-refractivity contribution >= 4 is 0 Å². The zero-order valence-electron chi connectivity index (χ0n) is 11.3. The maximum absolute atomic E-state index is 9.14. The molecule has 2 heteroatoms. The lowest BCUT2D eigenvalue weighted by Crippen LogP contribution is -2.31. The first kappa shape index (κ1) is 14.0. The maximum atomic E-state index is 9.14. The van der Waals surface area contributed by atoms with Gasteiger partial charge in [-0.15, -0.1) is 0 Å². The predicted octanol–water partition coefficient (Wildman–Crippen LogP) is 2.95. The first-order valence-corrected chi connectivity index (χ1v) is 6.88. The second-order valence-corrected chi connectivity index (χ2v) is 6.31. The molecular formula is C14H29NO. The summed E-state index contributed by atoms with van der Waals surface area (Å²) in [6.07, 6.45) is 7.97. The quantitative estimate of drug-likeness (QED) is 0.625. The molecule has 2 nitrogen and oxygen atoms in total. The molecule has 0 aromatic rings. The highest BCUT2D eigenvalue weighted by atomic mass is 16.3. The Morgan fingerprint density at radius 2 is 2.06 bits per heavy atom. The van der Waals surface area contributed by atoms with Gasteiger partial charge in [0.1, 0.15) is 0 Å². The summed E-state index contributed by atoms with van der Waals surface area (Å²) in [5.41, 5.74) is 0.0961. The fourth-order valence-electron chi connectivity index (χ4n) is 2.31. The minimum atomic E-state index is 0.0961. The second kappa shape index (κ2) is 6.61. The Labute approximate surface area is 101 Å². The molecule has 1 fully saturated rings. The predicted molar refractivity (Wildman–Crippen MR) is 69.5 cm³/mol. The molecule has 1 rings (SSSR count). The summed E-state index contributed by atoms with van der Waals surface area (Å²) in [7, 11) is 0. The van der Waals surface area contributed by atoms with E-state index in [4.69, 9.17) is 5.11 Å². The van der Waals surface area contributed by atoms with Crippen molar-refractivity contribution < 1.29 is 5.11 Å². The molecule has 16 heavy (non-hydrogen) atoms. The van der Waals surface area contributed by atoms with Crippen LogP contribution in [-0.4, -0.2) is 24.3 Å². The van der Waals surface area contributed by atoms with Crippen LogP contribution in [0.25, 0.3) is 0 Å². The Hall–Kier alpha value is -0.0800. The van der Waals surface area contributed by atoms with Gasteiger partial charge in [0, 0.05) is 12.6 Å². The SMILES string of the molecule is CC(CC1CCC1)NCCCC(C)(C)CO. The molecule has 0 amide bonds. The molecule has 0 aliphatic heterocycles. The van der Waals surface area contributed by atoms with E-state index in [1.165, 1.54) is 32.1 Å². The van der Waals surface area contributed by atoms with E-state index in [1.54, 1.807) is 0 Å². The monoisotopic (exact) mass is 227 g/mol. The van der Waals surface area contributed by atoms with Crippen LogP contribution in [0.15, 0.2) is 0 Å². The Kier molecular flexibility index (Phi) is 5.77. The van der Waals surface area contributed by atoms with Crippen LogP contribution in [0.4, 0.5) is 0 Å². The van der Waals surface area contributed by atoms with E-state index in [0.717, 1.165) is 18.9 Å². The molecule has 0 aromatic carbocycles. The highest BCUT2D eigenvalue weighted by molar-refractivity contribution is 4.75. The van der Waals surface area contributed by atoms with Crippen LogP contribution in [0.2, 0.25) is 0 Å². The van der Waals surface area contributed by atoms with E-state index in [1.807, 2.05) is 0 Å². The third-order valence-corrected chi connectivity index (χ3v) is 3.86. The summed E-state index contributed by atoms with van der Waals surface area (Å²) in [5, 5.41) is 12.7. The Morgan fingerprint density at radius 3 is 2.56 bits per heavy atom. The summed E-state index contributed by atoms with van der Waals surface area (Å²) in [6, 6.07) is 0.669. The van der Waals surface area contributed by atoms with Crippen molar-refractivity contribution in [1.82, 2.24) is 5.32 Å². The standard InChI is InChI=1S/C14H29NO/c1-12(10-13-6-4-7-13)15-9-5-8-14(2,3)11-16/h12-13,15-16H,4-11H2,1-3H3. The molecule has 0 spiro atoms. The third-order valence-electron chi connectivity index (χ3n) is 3.86. The van der Waals surface area contributed by atoms with Crippen LogP contribution in [0, 0.1) is 11.3 Å². The highest BCUT2D eigenvalue weighted by Gasteiger charge is 2.20. The Morgan fingerprint density at radius 1 is 1.38 bits per heavy atom. The molecule has 0 radical (unpaired) electrons. The fourth-order valence-corrected chi connectivity index (χ4v) is 2.31. The average Bonchev–Trinajstić information content (AvgIpc) is 2.19. The Balaban J connectivity index is 1.97. The molecule has 1 aliphatic rings. The van der Waals surface area contributed by atoms with E-state index in [2.05, 4.69) is 26.1 Å². The van der Waals surface area contributed by atoms with Crippen LogP contribution >= 0.6 is 0 Å². The number of aliphatic hydroxyl groups excluding tert-OH is 1. The Bertz CT molecular complexity index is 187.